The highest BCUT2D eigenvalue weighted by Gasteiger charge is 2.54. The largest absolute Gasteiger partial charge is 0.490 e. The van der Waals surface area contributed by atoms with Gasteiger partial charge in [-0.05, 0) is 18.9 Å². The van der Waals surface area contributed by atoms with Crippen molar-refractivity contribution < 1.29 is 9.66 Å². The molecule has 6 heteroatoms. The highest BCUT2D eigenvalue weighted by molar-refractivity contribution is 6.32. The van der Waals surface area contributed by atoms with Crippen molar-refractivity contribution in [1.29, 1.82) is 0 Å². The average molecular weight is 311 g/mol. The van der Waals surface area contributed by atoms with Crippen LogP contribution in [0.15, 0.2) is 18.2 Å². The maximum Gasteiger partial charge on any atom is 0.288 e. The Morgan fingerprint density at radius 1 is 1.33 bits per heavy atom. The van der Waals surface area contributed by atoms with Gasteiger partial charge in [-0.2, -0.15) is 0 Å². The van der Waals surface area contributed by atoms with Crippen molar-refractivity contribution in [2.45, 2.75) is 50.7 Å². The minimum atomic E-state index is -0.492. The molecule has 0 saturated heterocycles. The van der Waals surface area contributed by atoms with Crippen molar-refractivity contribution in [3.63, 3.8) is 0 Å². The van der Waals surface area contributed by atoms with Crippen LogP contribution in [0.5, 0.6) is 5.75 Å². The van der Waals surface area contributed by atoms with Crippen LogP contribution in [0.2, 0.25) is 5.02 Å². The van der Waals surface area contributed by atoms with E-state index in [0.29, 0.717) is 5.75 Å². The second-order valence-corrected chi connectivity index (χ2v) is 6.52. The molecular formula is C15H19ClN2O3. The third kappa shape index (κ3) is 2.49. The summed E-state index contributed by atoms with van der Waals surface area (Å²) in [5, 5.41) is 10.9. The zero-order chi connectivity index (χ0) is 15.0. The summed E-state index contributed by atoms with van der Waals surface area (Å²) >= 11 is 5.93. The van der Waals surface area contributed by atoms with Crippen molar-refractivity contribution in [2.24, 2.45) is 11.1 Å². The summed E-state index contributed by atoms with van der Waals surface area (Å²) in [6.45, 7) is 0. The third-order valence-corrected chi connectivity index (χ3v) is 5.33. The number of benzene rings is 1. The van der Waals surface area contributed by atoms with E-state index in [0.717, 1.165) is 19.3 Å². The van der Waals surface area contributed by atoms with Crippen LogP contribution in [-0.2, 0) is 0 Å². The van der Waals surface area contributed by atoms with Crippen LogP contribution in [0, 0.1) is 15.5 Å². The van der Waals surface area contributed by atoms with Crippen LogP contribution >= 0.6 is 11.6 Å². The number of nitro groups is 1. The average Bonchev–Trinajstić information content (AvgIpc) is 2.47. The van der Waals surface area contributed by atoms with Crippen LogP contribution in [-0.4, -0.2) is 17.1 Å². The number of halogens is 1. The Balaban J connectivity index is 1.75. The summed E-state index contributed by atoms with van der Waals surface area (Å²) in [6, 6.07) is 4.74. The van der Waals surface area contributed by atoms with Gasteiger partial charge in [0.2, 0.25) is 0 Å². The molecule has 1 spiro atoms. The number of nitrogens with zero attached hydrogens (tertiary/aromatic N) is 1. The molecule has 21 heavy (non-hydrogen) atoms. The van der Waals surface area contributed by atoms with E-state index in [1.165, 1.54) is 31.4 Å². The molecule has 1 aromatic carbocycles. The van der Waals surface area contributed by atoms with Gasteiger partial charge in [-0.15, -0.1) is 0 Å². The van der Waals surface area contributed by atoms with E-state index in [2.05, 4.69) is 0 Å². The van der Waals surface area contributed by atoms with Gasteiger partial charge in [0.05, 0.1) is 4.92 Å². The summed E-state index contributed by atoms with van der Waals surface area (Å²) in [4.78, 5) is 10.3. The minimum Gasteiger partial charge on any atom is -0.490 e. The molecule has 3 rings (SSSR count). The smallest absolute Gasteiger partial charge is 0.288 e. The molecule has 0 aromatic heterocycles. The lowest BCUT2D eigenvalue weighted by Gasteiger charge is -2.56. The summed E-state index contributed by atoms with van der Waals surface area (Å²) in [5.41, 5.74) is 6.22. The standard InChI is InChI=1S/C15H19ClN2O3/c16-11-8-10(4-5-12(11)18(19)20)21-14-9-13(17)15(14)6-2-1-3-7-15/h4-5,8,13-14H,1-3,6-7,9,17H2. The second-order valence-electron chi connectivity index (χ2n) is 6.11. The predicted octanol–water partition coefficient (Wildman–Crippen LogP) is 3.68. The number of ether oxygens (including phenoxy) is 1. The first-order valence-corrected chi connectivity index (χ1v) is 7.77. The Kier molecular flexibility index (Phi) is 3.80. The lowest BCUT2D eigenvalue weighted by atomic mass is 9.55. The first-order valence-electron chi connectivity index (χ1n) is 7.39. The van der Waals surface area contributed by atoms with Gasteiger partial charge < -0.3 is 10.5 Å². The molecule has 0 aliphatic heterocycles. The van der Waals surface area contributed by atoms with Crippen LogP contribution in [0.25, 0.3) is 0 Å². The van der Waals surface area contributed by atoms with Crippen LogP contribution < -0.4 is 10.5 Å². The Hall–Kier alpha value is -1.33. The normalized spacial score (nSPS) is 27.1. The highest BCUT2D eigenvalue weighted by atomic mass is 35.5. The first-order chi connectivity index (χ1) is 10.0. The number of nitro benzene ring substituents is 1. The fourth-order valence-electron chi connectivity index (χ4n) is 3.72. The van der Waals surface area contributed by atoms with Crippen molar-refractivity contribution in [3.05, 3.63) is 33.3 Å². The molecule has 2 unspecified atom stereocenters. The lowest BCUT2D eigenvalue weighted by molar-refractivity contribution is -0.384. The maximum atomic E-state index is 10.8. The molecule has 0 bridgehead atoms. The number of hydrogen-bond acceptors (Lipinski definition) is 4. The molecule has 1 aromatic rings. The zero-order valence-corrected chi connectivity index (χ0v) is 12.5. The minimum absolute atomic E-state index is 0.0898. The van der Waals surface area contributed by atoms with Crippen LogP contribution in [0.3, 0.4) is 0 Å². The zero-order valence-electron chi connectivity index (χ0n) is 11.8. The molecule has 2 N–H and O–H groups in total. The monoisotopic (exact) mass is 310 g/mol. The van der Waals surface area contributed by atoms with E-state index in [9.17, 15) is 10.1 Å². The summed E-state index contributed by atoms with van der Waals surface area (Å²) in [7, 11) is 0. The van der Waals surface area contributed by atoms with E-state index in [-0.39, 0.29) is 28.3 Å². The topological polar surface area (TPSA) is 78.4 Å². The fourth-order valence-corrected chi connectivity index (χ4v) is 3.96. The van der Waals surface area contributed by atoms with Crippen LogP contribution in [0.1, 0.15) is 38.5 Å². The van der Waals surface area contributed by atoms with Crippen molar-refractivity contribution in [2.75, 3.05) is 0 Å². The molecule has 2 saturated carbocycles. The van der Waals surface area contributed by atoms with Gasteiger partial charge in [0.25, 0.3) is 5.69 Å². The lowest BCUT2D eigenvalue weighted by Crippen LogP contribution is -2.64. The third-order valence-electron chi connectivity index (χ3n) is 5.03. The molecule has 2 fully saturated rings. The van der Waals surface area contributed by atoms with E-state index in [1.54, 1.807) is 6.07 Å². The van der Waals surface area contributed by atoms with Crippen molar-refractivity contribution >= 4 is 17.3 Å². The molecule has 0 heterocycles. The number of nitrogens with two attached hydrogens (primary N) is 1. The van der Waals surface area contributed by atoms with Crippen LogP contribution in [0.4, 0.5) is 5.69 Å². The molecule has 2 aliphatic rings. The van der Waals surface area contributed by atoms with Gasteiger partial charge in [-0.25, -0.2) is 0 Å². The molecule has 2 aliphatic carbocycles. The Labute approximate surface area is 128 Å². The Bertz CT molecular complexity index is 558. The van der Waals surface area contributed by atoms with E-state index < -0.39 is 4.92 Å². The Morgan fingerprint density at radius 2 is 2.05 bits per heavy atom. The predicted molar refractivity (Wildman–Crippen MR) is 80.6 cm³/mol. The number of rotatable bonds is 3. The van der Waals surface area contributed by atoms with Gasteiger partial charge in [-0.3, -0.25) is 10.1 Å². The van der Waals surface area contributed by atoms with Crippen molar-refractivity contribution in [3.8, 4) is 5.75 Å². The van der Waals surface area contributed by atoms with Gasteiger partial charge in [0.15, 0.2) is 0 Å². The summed E-state index contributed by atoms with van der Waals surface area (Å²) in [5.74, 6) is 0.590. The van der Waals surface area contributed by atoms with E-state index in [4.69, 9.17) is 22.1 Å². The second kappa shape index (κ2) is 5.46. The molecule has 114 valence electrons. The quantitative estimate of drug-likeness (QED) is 0.682. The Morgan fingerprint density at radius 3 is 2.62 bits per heavy atom. The van der Waals surface area contributed by atoms with Crippen molar-refractivity contribution in [1.82, 2.24) is 0 Å². The highest BCUT2D eigenvalue weighted by Crippen LogP contribution is 2.52. The van der Waals surface area contributed by atoms with E-state index in [1.807, 2.05) is 0 Å². The molecular weight excluding hydrogens is 292 g/mol. The summed E-state index contributed by atoms with van der Waals surface area (Å²) < 4.78 is 6.04. The first kappa shape index (κ1) is 14.6. The summed E-state index contributed by atoms with van der Waals surface area (Å²) in [6.07, 6.45) is 6.84. The van der Waals surface area contributed by atoms with Gasteiger partial charge in [0.1, 0.15) is 16.9 Å². The van der Waals surface area contributed by atoms with Gasteiger partial charge in [-0.1, -0.05) is 30.9 Å². The number of hydrogen-bond donors (Lipinski definition) is 1. The van der Waals surface area contributed by atoms with Gasteiger partial charge >= 0.3 is 0 Å². The molecule has 0 amide bonds. The van der Waals surface area contributed by atoms with Gasteiger partial charge in [0, 0.05) is 30.0 Å². The molecule has 0 radical (unpaired) electrons. The molecule has 5 nitrogen and oxygen atoms in total. The molecule has 2 atom stereocenters. The van der Waals surface area contributed by atoms with E-state index >= 15 is 0 Å². The SMILES string of the molecule is NC1CC(Oc2ccc([N+](=O)[O-])c(Cl)c2)C12CCCCC2. The fraction of sp³-hybridized carbons (Fsp3) is 0.600. The maximum absolute atomic E-state index is 10.8.